The predicted octanol–water partition coefficient (Wildman–Crippen LogP) is 5.86. The molecule has 0 atom stereocenters. The van der Waals surface area contributed by atoms with Crippen LogP contribution in [0.15, 0.2) is 42.5 Å². The largest absolute Gasteiger partial charge is 0.355 e. The van der Waals surface area contributed by atoms with Crippen molar-refractivity contribution in [1.29, 1.82) is 0 Å². The minimum absolute atomic E-state index is 0.154. The maximum Gasteiger partial charge on any atom is 0.230 e. The van der Waals surface area contributed by atoms with E-state index in [1.54, 1.807) is 6.07 Å². The normalized spacial score (nSPS) is 16.3. The van der Waals surface area contributed by atoms with Gasteiger partial charge < -0.3 is 5.32 Å². The SMILES string of the molecule is Cc1ccc(C2(C(=O)NCCc3ccc(Cl)c(Cl)c3)CCCCC2)cc1. The molecule has 1 N–H and O–H groups in total. The van der Waals surface area contributed by atoms with Gasteiger partial charge in [0.15, 0.2) is 0 Å². The Morgan fingerprint density at radius 1 is 1.00 bits per heavy atom. The van der Waals surface area contributed by atoms with Gasteiger partial charge in [0.05, 0.1) is 15.5 Å². The second-order valence-corrected chi connectivity index (χ2v) is 8.08. The van der Waals surface area contributed by atoms with Crippen molar-refractivity contribution in [3.05, 3.63) is 69.2 Å². The standard InChI is InChI=1S/C22H25Cl2NO/c1-16-5-8-18(9-6-16)22(12-3-2-4-13-22)21(26)25-14-11-17-7-10-19(23)20(24)15-17/h5-10,15H,2-4,11-14H2,1H3,(H,25,26). The summed E-state index contributed by atoms with van der Waals surface area (Å²) < 4.78 is 0. The summed E-state index contributed by atoms with van der Waals surface area (Å²) in [5.41, 5.74) is 3.06. The fourth-order valence-electron chi connectivity index (χ4n) is 3.86. The van der Waals surface area contributed by atoms with Crippen LogP contribution >= 0.6 is 23.2 Å². The van der Waals surface area contributed by atoms with Gasteiger partial charge in [0, 0.05) is 6.54 Å². The van der Waals surface area contributed by atoms with Crippen molar-refractivity contribution in [3.63, 3.8) is 0 Å². The lowest BCUT2D eigenvalue weighted by Gasteiger charge is -2.36. The van der Waals surface area contributed by atoms with E-state index >= 15 is 0 Å². The minimum atomic E-state index is -0.385. The van der Waals surface area contributed by atoms with Crippen molar-refractivity contribution in [1.82, 2.24) is 5.32 Å². The van der Waals surface area contributed by atoms with Crippen LogP contribution in [0.2, 0.25) is 10.0 Å². The summed E-state index contributed by atoms with van der Waals surface area (Å²) in [6, 6.07) is 14.1. The molecular formula is C22H25Cl2NO. The number of rotatable bonds is 5. The number of nitrogens with one attached hydrogen (secondary N) is 1. The maximum atomic E-state index is 13.2. The third-order valence-corrected chi connectivity index (χ3v) is 6.17. The first-order valence-electron chi connectivity index (χ1n) is 9.31. The number of amides is 1. The average molecular weight is 390 g/mol. The third kappa shape index (κ3) is 4.24. The van der Waals surface area contributed by atoms with E-state index < -0.39 is 0 Å². The van der Waals surface area contributed by atoms with E-state index in [0.717, 1.165) is 43.2 Å². The maximum absolute atomic E-state index is 13.2. The summed E-state index contributed by atoms with van der Waals surface area (Å²) in [6.07, 6.45) is 6.02. The topological polar surface area (TPSA) is 29.1 Å². The predicted molar refractivity (Wildman–Crippen MR) is 109 cm³/mol. The van der Waals surface area contributed by atoms with Crippen molar-refractivity contribution >= 4 is 29.1 Å². The average Bonchev–Trinajstić information content (AvgIpc) is 2.65. The van der Waals surface area contributed by atoms with Crippen LogP contribution in [0, 0.1) is 6.92 Å². The zero-order valence-corrected chi connectivity index (χ0v) is 16.7. The number of benzene rings is 2. The molecule has 0 spiro atoms. The van der Waals surface area contributed by atoms with Crippen molar-refractivity contribution in [3.8, 4) is 0 Å². The highest BCUT2D eigenvalue weighted by atomic mass is 35.5. The Kier molecular flexibility index (Phi) is 6.26. The first-order chi connectivity index (χ1) is 12.5. The van der Waals surface area contributed by atoms with Gasteiger partial charge in [-0.2, -0.15) is 0 Å². The van der Waals surface area contributed by atoms with E-state index in [1.165, 1.54) is 12.0 Å². The molecule has 1 saturated carbocycles. The van der Waals surface area contributed by atoms with E-state index in [2.05, 4.69) is 36.5 Å². The van der Waals surface area contributed by atoms with Crippen LogP contribution in [0.25, 0.3) is 0 Å². The van der Waals surface area contributed by atoms with Crippen molar-refractivity contribution < 1.29 is 4.79 Å². The van der Waals surface area contributed by atoms with Gasteiger partial charge in [-0.05, 0) is 49.4 Å². The molecule has 0 bridgehead atoms. The monoisotopic (exact) mass is 389 g/mol. The fraction of sp³-hybridized carbons (Fsp3) is 0.409. The molecule has 0 unspecified atom stereocenters. The van der Waals surface area contributed by atoms with Crippen molar-refractivity contribution in [2.75, 3.05) is 6.54 Å². The minimum Gasteiger partial charge on any atom is -0.355 e. The Labute approximate surface area is 165 Å². The van der Waals surface area contributed by atoms with Crippen LogP contribution in [-0.2, 0) is 16.6 Å². The van der Waals surface area contributed by atoms with E-state index in [4.69, 9.17) is 23.2 Å². The Morgan fingerprint density at radius 2 is 1.69 bits per heavy atom. The number of aryl methyl sites for hydroxylation is 1. The summed E-state index contributed by atoms with van der Waals surface area (Å²) in [5.74, 6) is 0.154. The Hall–Kier alpha value is -1.51. The van der Waals surface area contributed by atoms with Crippen LogP contribution < -0.4 is 5.32 Å². The second kappa shape index (κ2) is 8.45. The molecule has 1 aliphatic rings. The van der Waals surface area contributed by atoms with Crippen molar-refractivity contribution in [2.45, 2.75) is 50.9 Å². The van der Waals surface area contributed by atoms with Crippen LogP contribution in [0.1, 0.15) is 48.8 Å². The Morgan fingerprint density at radius 3 is 2.35 bits per heavy atom. The van der Waals surface area contributed by atoms with E-state index in [1.807, 2.05) is 12.1 Å². The molecule has 0 aliphatic heterocycles. The molecule has 1 amide bonds. The quantitative estimate of drug-likeness (QED) is 0.681. The second-order valence-electron chi connectivity index (χ2n) is 7.26. The Balaban J connectivity index is 1.69. The van der Waals surface area contributed by atoms with Gasteiger partial charge in [0.2, 0.25) is 5.91 Å². The number of halogens is 2. The van der Waals surface area contributed by atoms with Crippen molar-refractivity contribution in [2.24, 2.45) is 0 Å². The lowest BCUT2D eigenvalue weighted by Crippen LogP contribution is -2.46. The summed E-state index contributed by atoms with van der Waals surface area (Å²) in [7, 11) is 0. The van der Waals surface area contributed by atoms with Crippen LogP contribution in [0.3, 0.4) is 0 Å². The fourth-order valence-corrected chi connectivity index (χ4v) is 4.18. The van der Waals surface area contributed by atoms with Gasteiger partial charge in [-0.1, -0.05) is 78.4 Å². The van der Waals surface area contributed by atoms with Gasteiger partial charge in [-0.15, -0.1) is 0 Å². The van der Waals surface area contributed by atoms with Gasteiger partial charge in [0.25, 0.3) is 0 Å². The zero-order valence-electron chi connectivity index (χ0n) is 15.2. The van der Waals surface area contributed by atoms with Gasteiger partial charge in [-0.25, -0.2) is 0 Å². The molecule has 0 saturated heterocycles. The molecule has 0 heterocycles. The number of hydrogen-bond acceptors (Lipinski definition) is 1. The Bertz CT molecular complexity index is 764. The summed E-state index contributed by atoms with van der Waals surface area (Å²) in [5, 5.41) is 4.28. The molecular weight excluding hydrogens is 365 g/mol. The first-order valence-corrected chi connectivity index (χ1v) is 10.1. The molecule has 2 nitrogen and oxygen atoms in total. The molecule has 3 rings (SSSR count). The molecule has 138 valence electrons. The highest BCUT2D eigenvalue weighted by Gasteiger charge is 2.40. The molecule has 26 heavy (non-hydrogen) atoms. The van der Waals surface area contributed by atoms with Crippen LogP contribution in [0.4, 0.5) is 0 Å². The lowest BCUT2D eigenvalue weighted by atomic mass is 9.68. The molecule has 0 aromatic heterocycles. The van der Waals surface area contributed by atoms with Gasteiger partial charge in [-0.3, -0.25) is 4.79 Å². The molecule has 2 aromatic carbocycles. The number of carbonyl (C=O) groups is 1. The highest BCUT2D eigenvalue weighted by Crippen LogP contribution is 2.39. The molecule has 1 aliphatic carbocycles. The van der Waals surface area contributed by atoms with Gasteiger partial charge >= 0.3 is 0 Å². The molecule has 2 aromatic rings. The summed E-state index contributed by atoms with van der Waals surface area (Å²) in [4.78, 5) is 13.2. The summed E-state index contributed by atoms with van der Waals surface area (Å²) >= 11 is 12.0. The van der Waals surface area contributed by atoms with E-state index in [0.29, 0.717) is 16.6 Å². The molecule has 1 fully saturated rings. The zero-order chi connectivity index (χ0) is 18.6. The van der Waals surface area contributed by atoms with Gasteiger partial charge in [0.1, 0.15) is 0 Å². The van der Waals surface area contributed by atoms with E-state index in [-0.39, 0.29) is 11.3 Å². The highest BCUT2D eigenvalue weighted by molar-refractivity contribution is 6.42. The summed E-state index contributed by atoms with van der Waals surface area (Å²) in [6.45, 7) is 2.68. The smallest absolute Gasteiger partial charge is 0.230 e. The lowest BCUT2D eigenvalue weighted by molar-refractivity contribution is -0.128. The third-order valence-electron chi connectivity index (χ3n) is 5.43. The number of hydrogen-bond donors (Lipinski definition) is 1. The van der Waals surface area contributed by atoms with E-state index in [9.17, 15) is 4.79 Å². The first kappa shape index (κ1) is 19.3. The molecule has 4 heteroatoms. The number of carbonyl (C=O) groups excluding carboxylic acids is 1. The van der Waals surface area contributed by atoms with Crippen LogP contribution in [-0.4, -0.2) is 12.5 Å². The molecule has 0 radical (unpaired) electrons. The van der Waals surface area contributed by atoms with Crippen LogP contribution in [0.5, 0.6) is 0 Å².